The van der Waals surface area contributed by atoms with Gasteiger partial charge in [0.05, 0.1) is 12.2 Å². The maximum absolute atomic E-state index is 13.9. The van der Waals surface area contributed by atoms with E-state index in [4.69, 9.17) is 4.74 Å². The van der Waals surface area contributed by atoms with E-state index in [9.17, 15) is 18.8 Å². The second-order valence-corrected chi connectivity index (χ2v) is 7.39. The average molecular weight is 426 g/mol. The molecule has 0 unspecified atom stereocenters. The fraction of sp³-hybridized carbons (Fsp3) is 0.375. The molecule has 1 saturated heterocycles. The van der Waals surface area contributed by atoms with E-state index in [1.807, 2.05) is 6.92 Å². The molecule has 0 atom stereocenters. The van der Waals surface area contributed by atoms with Crippen LogP contribution in [0.5, 0.6) is 5.75 Å². The van der Waals surface area contributed by atoms with Gasteiger partial charge in [-0.25, -0.2) is 4.39 Å². The summed E-state index contributed by atoms with van der Waals surface area (Å²) in [6.07, 6.45) is 0.854. The highest BCUT2D eigenvalue weighted by Gasteiger charge is 2.24. The van der Waals surface area contributed by atoms with Crippen LogP contribution in [-0.4, -0.2) is 60.2 Å². The number of carbonyl (C=O) groups excluding carboxylic acids is 3. The van der Waals surface area contributed by atoms with Gasteiger partial charge in [0.1, 0.15) is 11.6 Å². The monoisotopic (exact) mass is 426 g/mol. The van der Waals surface area contributed by atoms with Crippen molar-refractivity contribution in [2.24, 2.45) is 0 Å². The second kappa shape index (κ2) is 10.7. The van der Waals surface area contributed by atoms with Crippen LogP contribution < -0.4 is 4.74 Å². The fourth-order valence-corrected chi connectivity index (χ4v) is 3.60. The van der Waals surface area contributed by atoms with E-state index in [-0.39, 0.29) is 36.0 Å². The highest BCUT2D eigenvalue weighted by molar-refractivity contribution is 5.98. The largest absolute Gasteiger partial charge is 0.494 e. The summed E-state index contributed by atoms with van der Waals surface area (Å²) in [5.74, 6) is -0.410. The van der Waals surface area contributed by atoms with Crippen LogP contribution in [0.25, 0.3) is 0 Å². The number of hydrogen-bond acceptors (Lipinski definition) is 4. The smallest absolute Gasteiger partial charge is 0.256 e. The minimum atomic E-state index is -0.544. The first kappa shape index (κ1) is 22.5. The second-order valence-electron chi connectivity index (χ2n) is 7.39. The molecule has 0 N–H and O–H groups in total. The number of rotatable bonds is 7. The van der Waals surface area contributed by atoms with Gasteiger partial charge >= 0.3 is 0 Å². The van der Waals surface area contributed by atoms with Crippen molar-refractivity contribution in [2.75, 3.05) is 32.8 Å². The van der Waals surface area contributed by atoms with E-state index >= 15 is 0 Å². The van der Waals surface area contributed by atoms with Crippen molar-refractivity contribution in [2.45, 2.75) is 26.2 Å². The van der Waals surface area contributed by atoms with Crippen molar-refractivity contribution in [1.29, 1.82) is 0 Å². The Bertz CT molecular complexity index is 929. The number of amides is 2. The Labute approximate surface area is 181 Å². The Hall–Kier alpha value is -3.22. The van der Waals surface area contributed by atoms with Gasteiger partial charge in [-0.15, -0.1) is 0 Å². The Morgan fingerprint density at radius 1 is 0.903 bits per heavy atom. The molecule has 0 bridgehead atoms. The molecular formula is C24H27FN2O4. The lowest BCUT2D eigenvalue weighted by Gasteiger charge is -2.22. The molecule has 1 heterocycles. The molecule has 7 heteroatoms. The quantitative estimate of drug-likeness (QED) is 0.635. The van der Waals surface area contributed by atoms with Crippen molar-refractivity contribution in [1.82, 2.24) is 9.80 Å². The van der Waals surface area contributed by atoms with E-state index in [1.54, 1.807) is 46.2 Å². The molecule has 0 aliphatic carbocycles. The van der Waals surface area contributed by atoms with Crippen LogP contribution in [0.3, 0.4) is 0 Å². The van der Waals surface area contributed by atoms with Gasteiger partial charge in [-0.1, -0.05) is 12.1 Å². The minimum absolute atomic E-state index is 0.0447. The molecule has 2 amide bonds. The standard InChI is InChI=1S/C24H27FN2O4/c1-2-31-19-10-8-18(9-11-19)22(28)12-13-23(29)26-14-5-15-27(17-16-26)24(30)20-6-3-4-7-21(20)25/h3-4,6-11H,2,5,12-17H2,1H3. The molecule has 3 rings (SSSR count). The van der Waals surface area contributed by atoms with Crippen LogP contribution in [0.15, 0.2) is 48.5 Å². The zero-order chi connectivity index (χ0) is 22.2. The van der Waals surface area contributed by atoms with Crippen LogP contribution in [0, 0.1) is 5.82 Å². The number of hydrogen-bond donors (Lipinski definition) is 0. The Morgan fingerprint density at radius 3 is 2.29 bits per heavy atom. The van der Waals surface area contributed by atoms with Crippen molar-refractivity contribution in [3.63, 3.8) is 0 Å². The molecule has 2 aromatic rings. The highest BCUT2D eigenvalue weighted by Crippen LogP contribution is 2.16. The van der Waals surface area contributed by atoms with Gasteiger partial charge in [0.2, 0.25) is 5.91 Å². The van der Waals surface area contributed by atoms with Gasteiger partial charge in [0.25, 0.3) is 5.91 Å². The number of Topliss-reactive ketones (excluding diaryl/α,β-unsaturated/α-hetero) is 1. The topological polar surface area (TPSA) is 66.9 Å². The maximum atomic E-state index is 13.9. The molecule has 31 heavy (non-hydrogen) atoms. The van der Waals surface area contributed by atoms with Gasteiger partial charge in [0.15, 0.2) is 5.78 Å². The summed E-state index contributed by atoms with van der Waals surface area (Å²) in [6.45, 7) is 4.13. The lowest BCUT2D eigenvalue weighted by molar-refractivity contribution is -0.131. The summed E-state index contributed by atoms with van der Waals surface area (Å²) < 4.78 is 19.3. The van der Waals surface area contributed by atoms with E-state index in [1.165, 1.54) is 12.1 Å². The molecular weight excluding hydrogens is 399 g/mol. The lowest BCUT2D eigenvalue weighted by Crippen LogP contribution is -2.37. The fourth-order valence-electron chi connectivity index (χ4n) is 3.60. The third-order valence-electron chi connectivity index (χ3n) is 5.29. The molecule has 0 saturated carbocycles. The first-order chi connectivity index (χ1) is 15.0. The Morgan fingerprint density at radius 2 is 1.58 bits per heavy atom. The highest BCUT2D eigenvalue weighted by atomic mass is 19.1. The molecule has 6 nitrogen and oxygen atoms in total. The number of ketones is 1. The molecule has 0 radical (unpaired) electrons. The summed E-state index contributed by atoms with van der Waals surface area (Å²) in [7, 11) is 0. The maximum Gasteiger partial charge on any atom is 0.256 e. The van der Waals surface area contributed by atoms with Crippen LogP contribution in [-0.2, 0) is 4.79 Å². The van der Waals surface area contributed by atoms with Gasteiger partial charge < -0.3 is 14.5 Å². The van der Waals surface area contributed by atoms with Crippen molar-refractivity contribution >= 4 is 17.6 Å². The summed E-state index contributed by atoms with van der Waals surface area (Å²) in [4.78, 5) is 40.9. The van der Waals surface area contributed by atoms with Crippen LogP contribution in [0.2, 0.25) is 0 Å². The average Bonchev–Trinajstić information content (AvgIpc) is 3.04. The third-order valence-corrected chi connectivity index (χ3v) is 5.29. The lowest BCUT2D eigenvalue weighted by atomic mass is 10.1. The predicted molar refractivity (Wildman–Crippen MR) is 115 cm³/mol. The van der Waals surface area contributed by atoms with Crippen molar-refractivity contribution in [3.8, 4) is 5.75 Å². The van der Waals surface area contributed by atoms with E-state index in [2.05, 4.69) is 0 Å². The van der Waals surface area contributed by atoms with Gasteiger partial charge in [-0.3, -0.25) is 14.4 Å². The van der Waals surface area contributed by atoms with Crippen LogP contribution in [0.4, 0.5) is 4.39 Å². The van der Waals surface area contributed by atoms with Crippen LogP contribution >= 0.6 is 0 Å². The first-order valence-electron chi connectivity index (χ1n) is 10.6. The normalized spacial score (nSPS) is 14.1. The molecule has 1 aliphatic rings. The summed E-state index contributed by atoms with van der Waals surface area (Å²) in [5, 5.41) is 0. The van der Waals surface area contributed by atoms with E-state index < -0.39 is 5.82 Å². The number of benzene rings is 2. The number of ether oxygens (including phenoxy) is 1. The minimum Gasteiger partial charge on any atom is -0.494 e. The SMILES string of the molecule is CCOc1ccc(C(=O)CCC(=O)N2CCCN(C(=O)c3ccccc3F)CC2)cc1. The molecule has 164 valence electrons. The number of nitrogens with zero attached hydrogens (tertiary/aromatic N) is 2. The Balaban J connectivity index is 1.50. The zero-order valence-corrected chi connectivity index (χ0v) is 17.7. The predicted octanol–water partition coefficient (Wildman–Crippen LogP) is 3.56. The van der Waals surface area contributed by atoms with Gasteiger partial charge in [-0.2, -0.15) is 0 Å². The summed E-state index contributed by atoms with van der Waals surface area (Å²) >= 11 is 0. The van der Waals surface area contributed by atoms with Crippen LogP contribution in [0.1, 0.15) is 46.9 Å². The number of halogens is 1. The summed E-state index contributed by atoms with van der Waals surface area (Å²) in [5.41, 5.74) is 0.594. The van der Waals surface area contributed by atoms with Crippen molar-refractivity contribution in [3.05, 3.63) is 65.5 Å². The first-order valence-corrected chi connectivity index (χ1v) is 10.6. The number of carbonyl (C=O) groups is 3. The van der Waals surface area contributed by atoms with Crippen molar-refractivity contribution < 1.29 is 23.5 Å². The van der Waals surface area contributed by atoms with E-state index in [0.29, 0.717) is 50.5 Å². The zero-order valence-electron chi connectivity index (χ0n) is 17.7. The van der Waals surface area contributed by atoms with Gasteiger partial charge in [-0.05, 0) is 49.7 Å². The molecule has 2 aromatic carbocycles. The molecule has 1 fully saturated rings. The van der Waals surface area contributed by atoms with Gasteiger partial charge in [0, 0.05) is 44.6 Å². The van der Waals surface area contributed by atoms with E-state index in [0.717, 1.165) is 0 Å². The molecule has 0 spiro atoms. The molecule has 1 aliphatic heterocycles. The third kappa shape index (κ3) is 5.90. The summed E-state index contributed by atoms with van der Waals surface area (Å²) in [6, 6.07) is 12.8. The molecule has 0 aromatic heterocycles. The Kier molecular flexibility index (Phi) is 7.76.